The van der Waals surface area contributed by atoms with Crippen LogP contribution in [0, 0.1) is 0 Å². The van der Waals surface area contributed by atoms with Crippen LogP contribution in [0.4, 0.5) is 0 Å². The maximum Gasteiger partial charge on any atom is 0.332 e. The van der Waals surface area contributed by atoms with Gasteiger partial charge in [-0.1, -0.05) is 6.58 Å². The summed E-state index contributed by atoms with van der Waals surface area (Å²) >= 11 is 0. The number of hydrogen-bond donors (Lipinski definition) is 0. The molecular weight excluding hydrogens is 160 g/mol. The van der Waals surface area contributed by atoms with Gasteiger partial charge in [-0.15, -0.1) is 0 Å². The highest BCUT2D eigenvalue weighted by Crippen LogP contribution is 1.82. The molecule has 0 heterocycles. The smallest absolute Gasteiger partial charge is 0.332 e. The van der Waals surface area contributed by atoms with Crippen molar-refractivity contribution in [1.82, 2.24) is 0 Å². The van der Waals surface area contributed by atoms with Crippen molar-refractivity contribution in [2.75, 3.05) is 20.5 Å². The summed E-state index contributed by atoms with van der Waals surface area (Å²) in [5.41, 5.74) is 0. The van der Waals surface area contributed by atoms with Gasteiger partial charge in [-0.05, 0) is 6.08 Å². The van der Waals surface area contributed by atoms with Crippen LogP contribution in [0.3, 0.4) is 0 Å². The summed E-state index contributed by atoms with van der Waals surface area (Å²) in [4.78, 5) is 10.4. The Kier molecular flexibility index (Phi) is 6.97. The Morgan fingerprint density at radius 1 is 1.58 bits per heavy atom. The molecule has 0 aromatic carbocycles. The van der Waals surface area contributed by atoms with Gasteiger partial charge in [0.2, 0.25) is 0 Å². The molecule has 0 aromatic rings. The minimum atomic E-state index is -0.495. The lowest BCUT2D eigenvalue weighted by Gasteiger charge is -2.00. The fourth-order valence-electron chi connectivity index (χ4n) is 0.410. The number of esters is 1. The van der Waals surface area contributed by atoms with Crippen molar-refractivity contribution in [3.05, 3.63) is 25.0 Å². The van der Waals surface area contributed by atoms with Crippen molar-refractivity contribution in [2.45, 2.75) is 0 Å². The molecule has 68 valence electrons. The first-order valence-corrected chi connectivity index (χ1v) is 3.36. The first kappa shape index (κ1) is 10.7. The lowest BCUT2D eigenvalue weighted by Crippen LogP contribution is -2.05. The summed E-state index contributed by atoms with van der Waals surface area (Å²) < 4.78 is 14.0. The second-order valence-electron chi connectivity index (χ2n) is 1.76. The third-order valence-electron chi connectivity index (χ3n) is 0.898. The zero-order valence-corrected chi connectivity index (χ0v) is 6.99. The number of carbonyl (C=O) groups excluding carboxylic acids is 1. The van der Waals surface area contributed by atoms with Crippen LogP contribution in [0.1, 0.15) is 0 Å². The molecule has 0 aromatic heterocycles. The van der Waals surface area contributed by atoms with E-state index in [0.717, 1.165) is 6.08 Å². The van der Waals surface area contributed by atoms with Crippen LogP contribution >= 0.6 is 0 Å². The number of hydrogen-bond acceptors (Lipinski definition) is 4. The fraction of sp³-hybridized carbons (Fsp3) is 0.375. The Hall–Kier alpha value is -1.29. The zero-order valence-electron chi connectivity index (χ0n) is 6.99. The number of carbonyl (C=O) groups is 1. The van der Waals surface area contributed by atoms with Crippen molar-refractivity contribution >= 4 is 5.97 Å². The Bertz CT molecular complexity index is 162. The third kappa shape index (κ3) is 6.82. The Balaban J connectivity index is 3.16. The van der Waals surface area contributed by atoms with E-state index < -0.39 is 5.97 Å². The van der Waals surface area contributed by atoms with E-state index in [9.17, 15) is 4.79 Å². The zero-order chi connectivity index (χ0) is 9.23. The molecule has 12 heavy (non-hydrogen) atoms. The van der Waals surface area contributed by atoms with Crippen molar-refractivity contribution in [2.24, 2.45) is 0 Å². The van der Waals surface area contributed by atoms with Crippen molar-refractivity contribution < 1.29 is 19.0 Å². The van der Waals surface area contributed by atoms with E-state index in [0.29, 0.717) is 6.61 Å². The molecule has 0 rings (SSSR count). The summed E-state index contributed by atoms with van der Waals surface area (Å²) in [6.45, 7) is 3.50. The van der Waals surface area contributed by atoms with Crippen LogP contribution in [0.5, 0.6) is 0 Å². The minimum Gasteiger partial charge on any atom is -0.505 e. The first-order valence-electron chi connectivity index (χ1n) is 3.36. The van der Waals surface area contributed by atoms with Crippen molar-refractivity contribution in [3.8, 4) is 0 Å². The van der Waals surface area contributed by atoms with E-state index >= 15 is 0 Å². The number of methoxy groups -OCH3 is 1. The quantitative estimate of drug-likeness (QED) is 0.196. The van der Waals surface area contributed by atoms with Gasteiger partial charge in [0.05, 0.1) is 20.0 Å². The molecule has 0 aliphatic carbocycles. The van der Waals surface area contributed by atoms with Crippen LogP contribution < -0.4 is 0 Å². The van der Waals surface area contributed by atoms with Crippen molar-refractivity contribution in [1.29, 1.82) is 0 Å². The average molecular weight is 172 g/mol. The molecule has 0 aliphatic rings. The lowest BCUT2D eigenvalue weighted by molar-refractivity contribution is -0.149. The SMILES string of the molecule is C=CC(=O)OCOCC=COC. The van der Waals surface area contributed by atoms with Gasteiger partial charge in [0, 0.05) is 6.08 Å². The van der Waals surface area contributed by atoms with Crippen LogP contribution in [0.15, 0.2) is 25.0 Å². The molecule has 4 nitrogen and oxygen atoms in total. The van der Waals surface area contributed by atoms with Gasteiger partial charge in [0.15, 0.2) is 6.79 Å². The van der Waals surface area contributed by atoms with Crippen molar-refractivity contribution in [3.63, 3.8) is 0 Å². The molecule has 0 N–H and O–H groups in total. The van der Waals surface area contributed by atoms with Gasteiger partial charge in [0.25, 0.3) is 0 Å². The predicted octanol–water partition coefficient (Wildman–Crippen LogP) is 0.850. The Morgan fingerprint density at radius 3 is 2.92 bits per heavy atom. The second kappa shape index (κ2) is 7.81. The molecule has 0 saturated heterocycles. The maximum absolute atomic E-state index is 10.4. The number of ether oxygens (including phenoxy) is 3. The molecule has 0 unspecified atom stereocenters. The molecule has 0 fully saturated rings. The normalized spacial score (nSPS) is 9.75. The van der Waals surface area contributed by atoms with Crippen LogP contribution in [-0.4, -0.2) is 26.5 Å². The third-order valence-corrected chi connectivity index (χ3v) is 0.898. The van der Waals surface area contributed by atoms with Gasteiger partial charge in [-0.25, -0.2) is 4.79 Å². The topological polar surface area (TPSA) is 44.8 Å². The summed E-state index contributed by atoms with van der Waals surface area (Å²) in [6.07, 6.45) is 4.21. The van der Waals surface area contributed by atoms with Gasteiger partial charge in [-0.3, -0.25) is 0 Å². The van der Waals surface area contributed by atoms with E-state index in [1.807, 2.05) is 0 Å². The molecule has 0 aliphatic heterocycles. The van der Waals surface area contributed by atoms with E-state index in [4.69, 9.17) is 4.74 Å². The van der Waals surface area contributed by atoms with Gasteiger partial charge >= 0.3 is 5.97 Å². The lowest BCUT2D eigenvalue weighted by atomic mass is 10.7. The average Bonchev–Trinajstić information content (AvgIpc) is 2.10. The largest absolute Gasteiger partial charge is 0.505 e. The van der Waals surface area contributed by atoms with Gasteiger partial charge < -0.3 is 14.2 Å². The summed E-state index contributed by atoms with van der Waals surface area (Å²) in [5, 5.41) is 0. The highest BCUT2D eigenvalue weighted by Gasteiger charge is 1.92. The molecule has 0 spiro atoms. The minimum absolute atomic E-state index is 0.0705. The van der Waals surface area contributed by atoms with Crippen LogP contribution in [0.2, 0.25) is 0 Å². The molecular formula is C8H12O4. The first-order chi connectivity index (χ1) is 5.81. The van der Waals surface area contributed by atoms with Crippen LogP contribution in [-0.2, 0) is 19.0 Å². The van der Waals surface area contributed by atoms with Gasteiger partial charge in [0.1, 0.15) is 0 Å². The maximum atomic E-state index is 10.4. The molecule has 0 radical (unpaired) electrons. The molecule has 0 bridgehead atoms. The monoisotopic (exact) mass is 172 g/mol. The summed E-state index contributed by atoms with van der Waals surface area (Å²) in [7, 11) is 1.54. The molecule has 0 saturated carbocycles. The standard InChI is InChI=1S/C8H12O4/c1-3-8(9)12-7-11-6-4-5-10-2/h3-5H,1,6-7H2,2H3. The molecule has 0 amide bonds. The predicted molar refractivity (Wildman–Crippen MR) is 43.3 cm³/mol. The van der Waals surface area contributed by atoms with E-state index in [1.165, 1.54) is 13.4 Å². The summed E-state index contributed by atoms with van der Waals surface area (Å²) in [5.74, 6) is -0.495. The number of rotatable bonds is 6. The second-order valence-corrected chi connectivity index (χ2v) is 1.76. The highest BCUT2D eigenvalue weighted by atomic mass is 16.7. The molecule has 4 heteroatoms. The van der Waals surface area contributed by atoms with Crippen LogP contribution in [0.25, 0.3) is 0 Å². The van der Waals surface area contributed by atoms with E-state index in [1.54, 1.807) is 6.08 Å². The highest BCUT2D eigenvalue weighted by molar-refractivity contribution is 5.81. The van der Waals surface area contributed by atoms with Gasteiger partial charge in [-0.2, -0.15) is 0 Å². The Morgan fingerprint density at radius 2 is 2.33 bits per heavy atom. The fourth-order valence-corrected chi connectivity index (χ4v) is 0.410. The van der Waals surface area contributed by atoms with E-state index in [-0.39, 0.29) is 6.79 Å². The molecule has 0 atom stereocenters. The van der Waals surface area contributed by atoms with E-state index in [2.05, 4.69) is 16.1 Å². The Labute approximate surface area is 71.4 Å². The summed E-state index contributed by atoms with van der Waals surface area (Å²) in [6, 6.07) is 0.